The molecule has 1 N–H and O–H groups in total. The molecule has 0 spiro atoms. The Hall–Kier alpha value is -0.100. The van der Waals surface area contributed by atoms with E-state index < -0.39 is 28.8 Å². The van der Waals surface area contributed by atoms with Gasteiger partial charge in [0.15, 0.2) is 0 Å². The highest BCUT2D eigenvalue weighted by molar-refractivity contribution is 9.10. The lowest BCUT2D eigenvalue weighted by atomic mass is 10.1. The van der Waals surface area contributed by atoms with E-state index >= 15 is 0 Å². The van der Waals surface area contributed by atoms with Gasteiger partial charge in [-0.15, -0.1) is 4.72 Å². The minimum absolute atomic E-state index is 0.400. The van der Waals surface area contributed by atoms with Crippen molar-refractivity contribution in [2.45, 2.75) is 31.6 Å². The molecule has 0 radical (unpaired) electrons. The van der Waals surface area contributed by atoms with Crippen LogP contribution in [0.5, 0.6) is 0 Å². The molecular formula is C12H17BrFNOS. The van der Waals surface area contributed by atoms with Crippen LogP contribution in [0.3, 0.4) is 0 Å². The van der Waals surface area contributed by atoms with E-state index in [-0.39, 0.29) is 0 Å². The van der Waals surface area contributed by atoms with Crippen molar-refractivity contribution in [3.05, 3.63) is 34.3 Å². The number of hydrogen-bond donors (Lipinski definition) is 1. The van der Waals surface area contributed by atoms with Gasteiger partial charge in [-0.05, 0) is 38.5 Å². The second-order valence-electron chi connectivity index (χ2n) is 4.76. The third-order valence-corrected chi connectivity index (χ3v) is 4.37. The summed E-state index contributed by atoms with van der Waals surface area (Å²) in [5, 5.41) is 0. The number of hydrogen-bond acceptors (Lipinski definition) is 2. The summed E-state index contributed by atoms with van der Waals surface area (Å²) >= 11 is 2.05. The molecule has 1 rings (SSSR count). The molecule has 5 heteroatoms. The van der Waals surface area contributed by atoms with E-state index in [1.165, 1.54) is 0 Å². The summed E-state index contributed by atoms with van der Waals surface area (Å²) in [6, 6.07) is 6.81. The van der Waals surface area contributed by atoms with E-state index in [0.29, 0.717) is 0 Å². The standard InChI is InChI=1S/C12H17BrFNOS/c1-12(2,3)17(16)15-11(8-14)9-4-6-10(13)7-5-9/h4-7,11,15H,8H2,1-3H3. The van der Waals surface area contributed by atoms with Crippen molar-refractivity contribution < 1.29 is 8.94 Å². The van der Waals surface area contributed by atoms with Gasteiger partial charge < -0.3 is 4.55 Å². The van der Waals surface area contributed by atoms with E-state index in [4.69, 9.17) is 0 Å². The molecule has 1 aromatic carbocycles. The second kappa shape index (κ2) is 6.18. The molecule has 0 saturated heterocycles. The van der Waals surface area contributed by atoms with Crippen LogP contribution in [0, 0.1) is 0 Å². The van der Waals surface area contributed by atoms with Gasteiger partial charge in [0.05, 0.1) is 0 Å². The first kappa shape index (κ1) is 15.0. The van der Waals surface area contributed by atoms with E-state index in [0.717, 1.165) is 10.0 Å². The summed E-state index contributed by atoms with van der Waals surface area (Å²) in [6.45, 7) is 4.98. The predicted molar refractivity (Wildman–Crippen MR) is 73.9 cm³/mol. The predicted octanol–water partition coefficient (Wildman–Crippen LogP) is 3.51. The molecule has 2 nitrogen and oxygen atoms in total. The first-order valence-corrected chi connectivity index (χ1v) is 7.28. The van der Waals surface area contributed by atoms with Crippen molar-refractivity contribution in [2.75, 3.05) is 6.67 Å². The maximum atomic E-state index is 13.0. The molecule has 2 atom stereocenters. The van der Waals surface area contributed by atoms with Crippen molar-refractivity contribution >= 4 is 27.3 Å². The van der Waals surface area contributed by atoms with E-state index in [1.54, 1.807) is 0 Å². The molecule has 0 heterocycles. The fourth-order valence-electron chi connectivity index (χ4n) is 1.19. The Labute approximate surface area is 113 Å². The number of alkyl halides is 1. The quantitative estimate of drug-likeness (QED) is 0.861. The molecule has 0 saturated carbocycles. The summed E-state index contributed by atoms with van der Waals surface area (Å²) in [6.07, 6.45) is 0. The molecule has 0 aromatic heterocycles. The molecule has 2 unspecified atom stereocenters. The van der Waals surface area contributed by atoms with Crippen molar-refractivity contribution in [3.8, 4) is 0 Å². The Morgan fingerprint density at radius 1 is 1.35 bits per heavy atom. The Kier molecular flexibility index (Phi) is 5.44. The second-order valence-corrected chi connectivity index (χ2v) is 7.67. The molecule has 0 fully saturated rings. The number of nitrogens with one attached hydrogen (secondary N) is 1. The van der Waals surface area contributed by atoms with Crippen LogP contribution in [-0.2, 0) is 11.4 Å². The van der Waals surface area contributed by atoms with Gasteiger partial charge in [0.2, 0.25) is 0 Å². The number of rotatable bonds is 4. The largest absolute Gasteiger partial charge is 0.598 e. The minimum Gasteiger partial charge on any atom is -0.598 e. The van der Waals surface area contributed by atoms with Crippen LogP contribution in [-0.4, -0.2) is 16.0 Å². The van der Waals surface area contributed by atoms with Crippen molar-refractivity contribution in [3.63, 3.8) is 0 Å². The van der Waals surface area contributed by atoms with Crippen molar-refractivity contribution in [1.82, 2.24) is 4.72 Å². The van der Waals surface area contributed by atoms with E-state index in [9.17, 15) is 8.94 Å². The van der Waals surface area contributed by atoms with Crippen LogP contribution in [0.4, 0.5) is 4.39 Å². The number of benzene rings is 1. The van der Waals surface area contributed by atoms with Gasteiger partial charge in [-0.1, -0.05) is 28.1 Å². The van der Waals surface area contributed by atoms with Gasteiger partial charge in [-0.25, -0.2) is 4.39 Å². The lowest BCUT2D eigenvalue weighted by Crippen LogP contribution is -2.41. The first-order chi connectivity index (χ1) is 7.84. The average molecular weight is 322 g/mol. The smallest absolute Gasteiger partial charge is 0.136 e. The highest BCUT2D eigenvalue weighted by Gasteiger charge is 2.29. The topological polar surface area (TPSA) is 35.1 Å². The van der Waals surface area contributed by atoms with Crippen LogP contribution >= 0.6 is 15.9 Å². The average Bonchev–Trinajstić information content (AvgIpc) is 2.25. The van der Waals surface area contributed by atoms with Crippen LogP contribution in [0.2, 0.25) is 0 Å². The summed E-state index contributed by atoms with van der Waals surface area (Å²) in [7, 11) is 0. The van der Waals surface area contributed by atoms with E-state index in [2.05, 4.69) is 20.7 Å². The molecular weight excluding hydrogens is 305 g/mol. The highest BCUT2D eigenvalue weighted by atomic mass is 79.9. The van der Waals surface area contributed by atoms with E-state index in [1.807, 2.05) is 45.0 Å². The minimum atomic E-state index is -1.27. The monoisotopic (exact) mass is 321 g/mol. The van der Waals surface area contributed by atoms with Crippen molar-refractivity contribution in [2.24, 2.45) is 0 Å². The Bertz CT molecular complexity index is 353. The maximum Gasteiger partial charge on any atom is 0.136 e. The lowest BCUT2D eigenvalue weighted by Gasteiger charge is -2.27. The summed E-state index contributed by atoms with van der Waals surface area (Å²) in [4.78, 5) is 0. The first-order valence-electron chi connectivity index (χ1n) is 5.34. The van der Waals surface area contributed by atoms with Gasteiger partial charge in [-0.2, -0.15) is 0 Å². The van der Waals surface area contributed by atoms with Gasteiger partial charge in [0.25, 0.3) is 0 Å². The molecule has 0 amide bonds. The third kappa shape index (κ3) is 4.58. The van der Waals surface area contributed by atoms with Crippen LogP contribution in [0.15, 0.2) is 28.7 Å². The molecule has 0 aliphatic heterocycles. The number of halogens is 2. The molecule has 1 aromatic rings. The molecule has 0 aliphatic carbocycles. The highest BCUT2D eigenvalue weighted by Crippen LogP contribution is 2.21. The summed E-state index contributed by atoms with van der Waals surface area (Å²) < 4.78 is 28.2. The molecule has 17 heavy (non-hydrogen) atoms. The van der Waals surface area contributed by atoms with Crippen LogP contribution < -0.4 is 4.72 Å². The van der Waals surface area contributed by atoms with Gasteiger partial charge in [-0.3, -0.25) is 0 Å². The zero-order valence-electron chi connectivity index (χ0n) is 10.2. The fraction of sp³-hybridized carbons (Fsp3) is 0.500. The van der Waals surface area contributed by atoms with Gasteiger partial charge >= 0.3 is 0 Å². The molecule has 0 aliphatic rings. The fourth-order valence-corrected chi connectivity index (χ4v) is 2.27. The third-order valence-electron chi connectivity index (χ3n) is 2.23. The Morgan fingerprint density at radius 2 is 1.88 bits per heavy atom. The van der Waals surface area contributed by atoms with Gasteiger partial charge in [0, 0.05) is 15.8 Å². The van der Waals surface area contributed by atoms with Gasteiger partial charge in [0.1, 0.15) is 17.5 Å². The normalized spacial score (nSPS) is 15.6. The lowest BCUT2D eigenvalue weighted by molar-refractivity contribution is 0.410. The Morgan fingerprint density at radius 3 is 2.29 bits per heavy atom. The zero-order chi connectivity index (χ0) is 13.1. The summed E-state index contributed by atoms with van der Waals surface area (Å²) in [5.41, 5.74) is 0.799. The SMILES string of the molecule is CC(C)(C)[S+]([O-])NC(CF)c1ccc(Br)cc1. The molecule has 0 bridgehead atoms. The van der Waals surface area contributed by atoms with Crippen LogP contribution in [0.25, 0.3) is 0 Å². The molecule has 96 valence electrons. The van der Waals surface area contributed by atoms with Crippen LogP contribution in [0.1, 0.15) is 32.4 Å². The van der Waals surface area contributed by atoms with Crippen molar-refractivity contribution in [1.29, 1.82) is 0 Å². The Balaban J connectivity index is 2.75. The summed E-state index contributed by atoms with van der Waals surface area (Å²) in [5.74, 6) is 0. The maximum absolute atomic E-state index is 13.0. The zero-order valence-corrected chi connectivity index (χ0v) is 12.6.